The van der Waals surface area contributed by atoms with Crippen LogP contribution in [0, 0.1) is 10.1 Å². The Balaban J connectivity index is 1.55. The van der Waals surface area contributed by atoms with E-state index in [1.807, 2.05) is 24.3 Å². The number of nitrogens with zero attached hydrogens (tertiary/aromatic N) is 2. The maximum absolute atomic E-state index is 13.2. The van der Waals surface area contributed by atoms with Gasteiger partial charge in [-0.2, -0.15) is 5.10 Å². The van der Waals surface area contributed by atoms with Gasteiger partial charge in [0, 0.05) is 23.6 Å². The molecule has 2 aliphatic heterocycles. The first-order chi connectivity index (χ1) is 16.7. The largest absolute Gasteiger partial charge is 0.457 e. The molecular weight excluding hydrogens is 472 g/mol. The van der Waals surface area contributed by atoms with Crippen LogP contribution < -0.4 is 10.7 Å². The number of carbonyl (C=O) groups excluding carboxylic acids is 2. The molecule has 0 spiro atoms. The summed E-state index contributed by atoms with van der Waals surface area (Å²) in [4.78, 5) is 35.9. The van der Waals surface area contributed by atoms with Crippen LogP contribution in [0.4, 0.5) is 0 Å². The number of allylic oxidation sites excluding steroid dienone is 3. The van der Waals surface area contributed by atoms with E-state index in [4.69, 9.17) is 16.3 Å². The summed E-state index contributed by atoms with van der Waals surface area (Å²) in [6.45, 7) is 3.27. The standard InChI is InChI=1S/C25H23ClN4O5/c1-14-22(23(18-4-3-5-19(26)12-18)24(30(33)34)15(2)27-14)25(32)35-13-16-6-8-17(9-7-16)20-10-11-21(31)29-28-20/h3-9,12,23,27H,10-11,13H2,1-2H3,(H,29,31). The monoisotopic (exact) mass is 494 g/mol. The Morgan fingerprint density at radius 3 is 2.54 bits per heavy atom. The number of amides is 1. The van der Waals surface area contributed by atoms with Gasteiger partial charge in [-0.15, -0.1) is 0 Å². The lowest BCUT2D eigenvalue weighted by Gasteiger charge is -2.26. The quantitative estimate of drug-likeness (QED) is 0.353. The third-order valence-electron chi connectivity index (χ3n) is 5.89. The molecule has 2 aliphatic rings. The second kappa shape index (κ2) is 10.1. The first kappa shape index (κ1) is 24.2. The average molecular weight is 495 g/mol. The van der Waals surface area contributed by atoms with Gasteiger partial charge < -0.3 is 10.1 Å². The lowest BCUT2D eigenvalue weighted by Crippen LogP contribution is -2.31. The number of carbonyl (C=O) groups is 2. The highest BCUT2D eigenvalue weighted by molar-refractivity contribution is 6.30. The van der Waals surface area contributed by atoms with Crippen molar-refractivity contribution in [3.8, 4) is 0 Å². The molecule has 2 heterocycles. The third kappa shape index (κ3) is 5.25. The van der Waals surface area contributed by atoms with Crippen molar-refractivity contribution in [1.82, 2.24) is 10.7 Å². The second-order valence-corrected chi connectivity index (χ2v) is 8.72. The molecule has 0 saturated carbocycles. The predicted octanol–water partition coefficient (Wildman–Crippen LogP) is 4.17. The molecule has 1 atom stereocenters. The second-order valence-electron chi connectivity index (χ2n) is 8.29. The van der Waals surface area contributed by atoms with Crippen LogP contribution in [-0.4, -0.2) is 22.5 Å². The topological polar surface area (TPSA) is 123 Å². The molecule has 35 heavy (non-hydrogen) atoms. The molecule has 0 bridgehead atoms. The van der Waals surface area contributed by atoms with E-state index in [1.165, 1.54) is 0 Å². The Labute approximate surface area is 206 Å². The number of rotatable bonds is 6. The lowest BCUT2D eigenvalue weighted by atomic mass is 9.84. The molecule has 10 heteroatoms. The molecule has 180 valence electrons. The minimum atomic E-state index is -0.931. The fourth-order valence-corrected chi connectivity index (χ4v) is 4.41. The van der Waals surface area contributed by atoms with Gasteiger partial charge in [-0.1, -0.05) is 48.0 Å². The van der Waals surface area contributed by atoms with Gasteiger partial charge in [-0.05, 0) is 42.7 Å². The number of dihydropyridines is 1. The number of hydrogen-bond donors (Lipinski definition) is 2. The molecule has 1 unspecified atom stereocenters. The number of esters is 1. The smallest absolute Gasteiger partial charge is 0.337 e. The molecule has 0 radical (unpaired) electrons. The van der Waals surface area contributed by atoms with Crippen molar-refractivity contribution in [2.24, 2.45) is 5.10 Å². The summed E-state index contributed by atoms with van der Waals surface area (Å²) in [5.41, 5.74) is 6.25. The number of nitrogens with one attached hydrogen (secondary N) is 2. The fraction of sp³-hybridized carbons (Fsp3) is 0.240. The Morgan fingerprint density at radius 2 is 1.91 bits per heavy atom. The van der Waals surface area contributed by atoms with E-state index in [9.17, 15) is 19.7 Å². The zero-order valence-electron chi connectivity index (χ0n) is 19.1. The molecule has 2 N–H and O–H groups in total. The van der Waals surface area contributed by atoms with Crippen LogP contribution in [0.5, 0.6) is 0 Å². The predicted molar refractivity (Wildman–Crippen MR) is 130 cm³/mol. The fourth-order valence-electron chi connectivity index (χ4n) is 4.21. The number of ether oxygens (including phenoxy) is 1. The van der Waals surface area contributed by atoms with Crippen LogP contribution in [0.15, 0.2) is 76.3 Å². The van der Waals surface area contributed by atoms with Gasteiger partial charge in [-0.25, -0.2) is 10.2 Å². The summed E-state index contributed by atoms with van der Waals surface area (Å²) in [6.07, 6.45) is 0.936. The first-order valence-corrected chi connectivity index (χ1v) is 11.3. The van der Waals surface area contributed by atoms with Gasteiger partial charge in [-0.3, -0.25) is 14.9 Å². The Hall–Kier alpha value is -3.98. The maximum atomic E-state index is 13.2. The van der Waals surface area contributed by atoms with Crippen molar-refractivity contribution in [2.45, 2.75) is 39.2 Å². The van der Waals surface area contributed by atoms with Crippen molar-refractivity contribution >= 4 is 29.2 Å². The van der Waals surface area contributed by atoms with Gasteiger partial charge in [0.2, 0.25) is 5.91 Å². The molecule has 0 aromatic heterocycles. The van der Waals surface area contributed by atoms with Gasteiger partial charge in [0.15, 0.2) is 0 Å². The Bertz CT molecular complexity index is 1300. The van der Waals surface area contributed by atoms with Crippen LogP contribution in [-0.2, 0) is 20.9 Å². The van der Waals surface area contributed by atoms with E-state index >= 15 is 0 Å². The first-order valence-electron chi connectivity index (χ1n) is 10.9. The van der Waals surface area contributed by atoms with E-state index in [1.54, 1.807) is 38.1 Å². The van der Waals surface area contributed by atoms with E-state index in [2.05, 4.69) is 15.8 Å². The summed E-state index contributed by atoms with van der Waals surface area (Å²) >= 11 is 6.15. The van der Waals surface area contributed by atoms with Crippen molar-refractivity contribution in [3.63, 3.8) is 0 Å². The zero-order chi connectivity index (χ0) is 25.1. The van der Waals surface area contributed by atoms with Crippen LogP contribution >= 0.6 is 11.6 Å². The summed E-state index contributed by atoms with van der Waals surface area (Å²) < 4.78 is 5.58. The van der Waals surface area contributed by atoms with Crippen molar-refractivity contribution in [1.29, 1.82) is 0 Å². The highest BCUT2D eigenvalue weighted by atomic mass is 35.5. The summed E-state index contributed by atoms with van der Waals surface area (Å²) in [6, 6.07) is 14.0. The SMILES string of the molecule is CC1=C(C(=O)OCc2ccc(C3=NNC(=O)CC3)cc2)C(c2cccc(Cl)c2)C([N+](=O)[O-])=C(C)N1. The number of hydrazone groups is 1. The molecule has 4 rings (SSSR count). The number of benzene rings is 2. The van der Waals surface area contributed by atoms with Crippen LogP contribution in [0.1, 0.15) is 49.3 Å². The molecule has 2 aromatic rings. The maximum Gasteiger partial charge on any atom is 0.337 e. The van der Waals surface area contributed by atoms with Gasteiger partial charge >= 0.3 is 5.97 Å². The highest BCUT2D eigenvalue weighted by Gasteiger charge is 2.41. The Kier molecular flexibility index (Phi) is 6.97. The Morgan fingerprint density at radius 1 is 1.17 bits per heavy atom. The van der Waals surface area contributed by atoms with Gasteiger partial charge in [0.25, 0.3) is 5.70 Å². The summed E-state index contributed by atoms with van der Waals surface area (Å²) in [5.74, 6) is -1.70. The van der Waals surface area contributed by atoms with Gasteiger partial charge in [0.1, 0.15) is 12.5 Å². The molecule has 0 aliphatic carbocycles. The molecule has 0 fully saturated rings. The lowest BCUT2D eigenvalue weighted by molar-refractivity contribution is -0.431. The van der Waals surface area contributed by atoms with Crippen LogP contribution in [0.2, 0.25) is 5.02 Å². The molecule has 0 saturated heterocycles. The van der Waals surface area contributed by atoms with Crippen LogP contribution in [0.3, 0.4) is 0 Å². The minimum absolute atomic E-state index is 0.0160. The molecule has 2 aromatic carbocycles. The van der Waals surface area contributed by atoms with Gasteiger partial charge in [0.05, 0.1) is 21.9 Å². The van der Waals surface area contributed by atoms with E-state index < -0.39 is 16.8 Å². The third-order valence-corrected chi connectivity index (χ3v) is 6.12. The number of halogens is 1. The van der Waals surface area contributed by atoms with E-state index in [-0.39, 0.29) is 23.8 Å². The number of hydrogen-bond acceptors (Lipinski definition) is 7. The molecular formula is C25H23ClN4O5. The van der Waals surface area contributed by atoms with Crippen molar-refractivity contribution < 1.29 is 19.2 Å². The summed E-state index contributed by atoms with van der Waals surface area (Å²) in [7, 11) is 0. The normalized spacial score (nSPS) is 18.0. The van der Waals surface area contributed by atoms with Crippen LogP contribution in [0.25, 0.3) is 0 Å². The highest BCUT2D eigenvalue weighted by Crippen LogP contribution is 2.39. The van der Waals surface area contributed by atoms with Crippen molar-refractivity contribution in [2.75, 3.05) is 0 Å². The number of nitro groups is 1. The molecule has 9 nitrogen and oxygen atoms in total. The zero-order valence-corrected chi connectivity index (χ0v) is 19.9. The minimum Gasteiger partial charge on any atom is -0.457 e. The average Bonchev–Trinajstić information content (AvgIpc) is 2.82. The van der Waals surface area contributed by atoms with E-state index in [0.717, 1.165) is 16.8 Å². The summed E-state index contributed by atoms with van der Waals surface area (Å²) in [5, 5.41) is 19.4. The molecule has 1 amide bonds. The van der Waals surface area contributed by atoms with Crippen molar-refractivity contribution in [3.05, 3.63) is 103 Å². The van der Waals surface area contributed by atoms with E-state index in [0.29, 0.717) is 34.8 Å².